The maximum absolute atomic E-state index is 12.6. The number of carbonyl (C=O) groups excluding carboxylic acids is 1. The number of carbonyl (C=O) groups is 1. The minimum Gasteiger partial charge on any atom is -0.507 e. The Bertz CT molecular complexity index is 629. The molecule has 0 saturated carbocycles. The first kappa shape index (κ1) is 23.4. The molecule has 1 amide bonds. The predicted octanol–water partition coefficient (Wildman–Crippen LogP) is 3.12. The molecule has 0 aliphatic carbocycles. The van der Waals surface area contributed by atoms with Crippen LogP contribution in [0.2, 0.25) is 0 Å². The first-order chi connectivity index (χ1) is 12.2. The molecule has 0 bridgehead atoms. The van der Waals surface area contributed by atoms with Crippen molar-refractivity contribution < 1.29 is 20.1 Å². The van der Waals surface area contributed by atoms with Crippen LogP contribution in [0.3, 0.4) is 0 Å². The zero-order valence-electron chi connectivity index (χ0n) is 18.2. The third-order valence-corrected chi connectivity index (χ3v) is 5.28. The highest BCUT2D eigenvalue weighted by molar-refractivity contribution is 5.77. The molecule has 5 heteroatoms. The molecule has 1 rings (SSSR count). The number of rotatable bonds is 6. The minimum absolute atomic E-state index is 0.136. The van der Waals surface area contributed by atoms with Gasteiger partial charge in [0.1, 0.15) is 5.75 Å². The highest BCUT2D eigenvalue weighted by Gasteiger charge is 2.31. The minimum atomic E-state index is -0.973. The zero-order chi connectivity index (χ0) is 21.2. The molecule has 5 nitrogen and oxygen atoms in total. The molecule has 0 atom stereocenters. The number of amides is 1. The van der Waals surface area contributed by atoms with Crippen LogP contribution >= 0.6 is 0 Å². The normalized spacial score (nSPS) is 13.0. The van der Waals surface area contributed by atoms with Gasteiger partial charge >= 0.3 is 0 Å². The molecular formula is C22H37NO4. The van der Waals surface area contributed by atoms with Gasteiger partial charge in [-0.25, -0.2) is 0 Å². The van der Waals surface area contributed by atoms with Crippen molar-refractivity contribution in [2.45, 2.75) is 77.7 Å². The van der Waals surface area contributed by atoms with Crippen LogP contribution in [0.1, 0.15) is 71.6 Å². The molecule has 1 aromatic carbocycles. The summed E-state index contributed by atoms with van der Waals surface area (Å²) in [4.78, 5) is 14.0. The summed E-state index contributed by atoms with van der Waals surface area (Å²) in [7, 11) is 1.60. The fourth-order valence-electron chi connectivity index (χ4n) is 2.96. The second-order valence-electron chi connectivity index (χ2n) is 9.81. The molecule has 0 unspecified atom stereocenters. The molecule has 27 heavy (non-hydrogen) atoms. The third-order valence-electron chi connectivity index (χ3n) is 5.28. The average Bonchev–Trinajstić information content (AvgIpc) is 2.56. The number of aromatic hydroxyl groups is 1. The number of hydrogen-bond donors (Lipinski definition) is 3. The molecule has 0 aromatic heterocycles. The highest BCUT2D eigenvalue weighted by atomic mass is 16.3. The van der Waals surface area contributed by atoms with E-state index in [1.54, 1.807) is 14.0 Å². The van der Waals surface area contributed by atoms with E-state index < -0.39 is 5.54 Å². The predicted molar refractivity (Wildman–Crippen MR) is 109 cm³/mol. The Morgan fingerprint density at radius 1 is 0.926 bits per heavy atom. The van der Waals surface area contributed by atoms with E-state index in [0.29, 0.717) is 12.2 Å². The number of phenols is 1. The second kappa shape index (κ2) is 8.19. The summed E-state index contributed by atoms with van der Waals surface area (Å²) in [6.45, 7) is 13.4. The van der Waals surface area contributed by atoms with Gasteiger partial charge in [-0.2, -0.15) is 0 Å². The molecule has 0 spiro atoms. The Kier molecular flexibility index (Phi) is 7.11. The van der Waals surface area contributed by atoms with Crippen LogP contribution < -0.4 is 0 Å². The van der Waals surface area contributed by atoms with E-state index in [1.165, 1.54) is 4.90 Å². The van der Waals surface area contributed by atoms with E-state index in [1.807, 2.05) is 12.1 Å². The van der Waals surface area contributed by atoms with Crippen LogP contribution in [-0.4, -0.2) is 51.9 Å². The zero-order valence-corrected chi connectivity index (χ0v) is 18.2. The Balaban J connectivity index is 3.16. The summed E-state index contributed by atoms with van der Waals surface area (Å²) in [6, 6.07) is 3.96. The van der Waals surface area contributed by atoms with Crippen molar-refractivity contribution in [1.29, 1.82) is 0 Å². The topological polar surface area (TPSA) is 81.0 Å². The SMILES string of the molecule is CN(C(=O)CCc1cc(C(C)(C)C)c(O)c(C(C)(C)C)c1)C(C)(CO)CO. The summed E-state index contributed by atoms with van der Waals surface area (Å²) >= 11 is 0. The lowest BCUT2D eigenvalue weighted by Gasteiger charge is -2.36. The number of likely N-dealkylation sites (N-methyl/N-ethyl adjacent to an activating group) is 1. The molecule has 154 valence electrons. The van der Waals surface area contributed by atoms with Crippen molar-refractivity contribution in [3.05, 3.63) is 28.8 Å². The van der Waals surface area contributed by atoms with Crippen molar-refractivity contribution in [2.24, 2.45) is 0 Å². The largest absolute Gasteiger partial charge is 0.507 e. The Morgan fingerprint density at radius 3 is 1.67 bits per heavy atom. The summed E-state index contributed by atoms with van der Waals surface area (Å²) in [6.07, 6.45) is 0.798. The number of nitrogens with zero attached hydrogens (tertiary/aromatic N) is 1. The van der Waals surface area contributed by atoms with Gasteiger partial charge in [-0.1, -0.05) is 53.7 Å². The van der Waals surface area contributed by atoms with Crippen LogP contribution in [0.4, 0.5) is 0 Å². The number of phenolic OH excluding ortho intramolecular Hbond substituents is 1. The third kappa shape index (κ3) is 5.45. The fraction of sp³-hybridized carbons (Fsp3) is 0.682. The number of aliphatic hydroxyl groups is 2. The van der Waals surface area contributed by atoms with E-state index in [4.69, 9.17) is 0 Å². The van der Waals surface area contributed by atoms with E-state index in [-0.39, 0.29) is 36.4 Å². The van der Waals surface area contributed by atoms with Crippen LogP contribution in [0.5, 0.6) is 5.75 Å². The van der Waals surface area contributed by atoms with Crippen molar-refractivity contribution in [2.75, 3.05) is 20.3 Å². The Hall–Kier alpha value is -1.59. The van der Waals surface area contributed by atoms with Gasteiger partial charge in [-0.05, 0) is 40.9 Å². The molecule has 0 saturated heterocycles. The number of aliphatic hydroxyl groups excluding tert-OH is 2. The van der Waals surface area contributed by atoms with Crippen molar-refractivity contribution >= 4 is 5.91 Å². The molecule has 0 radical (unpaired) electrons. The summed E-state index contributed by atoms with van der Waals surface area (Å²) < 4.78 is 0. The average molecular weight is 380 g/mol. The van der Waals surface area contributed by atoms with Crippen molar-refractivity contribution in [1.82, 2.24) is 4.90 Å². The van der Waals surface area contributed by atoms with Gasteiger partial charge in [0.25, 0.3) is 0 Å². The monoisotopic (exact) mass is 379 g/mol. The Labute approximate surface area is 164 Å². The molecule has 0 aliphatic heterocycles. The van der Waals surface area contributed by atoms with E-state index in [2.05, 4.69) is 41.5 Å². The maximum Gasteiger partial charge on any atom is 0.223 e. The molecule has 0 heterocycles. The van der Waals surface area contributed by atoms with Crippen LogP contribution in [-0.2, 0) is 22.0 Å². The lowest BCUT2D eigenvalue weighted by molar-refractivity contribution is -0.138. The van der Waals surface area contributed by atoms with Gasteiger partial charge in [0, 0.05) is 13.5 Å². The summed E-state index contributed by atoms with van der Waals surface area (Å²) in [5.41, 5.74) is 1.35. The van der Waals surface area contributed by atoms with Crippen LogP contribution in [0.15, 0.2) is 12.1 Å². The Morgan fingerprint density at radius 2 is 1.33 bits per heavy atom. The van der Waals surface area contributed by atoms with E-state index in [9.17, 15) is 20.1 Å². The smallest absolute Gasteiger partial charge is 0.223 e. The van der Waals surface area contributed by atoms with Crippen molar-refractivity contribution in [3.8, 4) is 5.75 Å². The van der Waals surface area contributed by atoms with Crippen molar-refractivity contribution in [3.63, 3.8) is 0 Å². The number of benzene rings is 1. The fourth-order valence-corrected chi connectivity index (χ4v) is 2.96. The van der Waals surface area contributed by atoms with E-state index in [0.717, 1.165) is 16.7 Å². The maximum atomic E-state index is 12.6. The molecule has 1 aromatic rings. The number of hydrogen-bond acceptors (Lipinski definition) is 4. The lowest BCUT2D eigenvalue weighted by Crippen LogP contribution is -2.52. The van der Waals surface area contributed by atoms with E-state index >= 15 is 0 Å². The molecular weight excluding hydrogens is 342 g/mol. The lowest BCUT2D eigenvalue weighted by atomic mass is 9.78. The standard InChI is InChI=1S/C22H37NO4/c1-20(2,3)16-11-15(12-17(19(16)27)21(4,5)6)9-10-18(26)23(8)22(7,13-24)14-25/h11-12,24-25,27H,9-10,13-14H2,1-8H3. The van der Waals surface area contributed by atoms with Crippen LogP contribution in [0.25, 0.3) is 0 Å². The highest BCUT2D eigenvalue weighted by Crippen LogP contribution is 2.40. The summed E-state index contributed by atoms with van der Waals surface area (Å²) in [5, 5.41) is 29.8. The van der Waals surface area contributed by atoms with Gasteiger partial charge in [-0.15, -0.1) is 0 Å². The first-order valence-electron chi connectivity index (χ1n) is 9.52. The second-order valence-corrected chi connectivity index (χ2v) is 9.81. The molecule has 3 N–H and O–H groups in total. The van der Waals surface area contributed by atoms with Gasteiger partial charge in [-0.3, -0.25) is 4.79 Å². The van der Waals surface area contributed by atoms with Gasteiger partial charge in [0.15, 0.2) is 0 Å². The van der Waals surface area contributed by atoms with Gasteiger partial charge in [0.05, 0.1) is 18.8 Å². The van der Waals surface area contributed by atoms with Gasteiger partial charge < -0.3 is 20.2 Å². The number of aryl methyl sites for hydroxylation is 1. The van der Waals surface area contributed by atoms with Gasteiger partial charge in [0.2, 0.25) is 5.91 Å². The molecule has 0 aliphatic rings. The summed E-state index contributed by atoms with van der Waals surface area (Å²) in [5.74, 6) is 0.193. The quantitative estimate of drug-likeness (QED) is 0.709. The first-order valence-corrected chi connectivity index (χ1v) is 9.52. The van der Waals surface area contributed by atoms with Crippen LogP contribution in [0, 0.1) is 0 Å². The molecule has 0 fully saturated rings.